The summed E-state index contributed by atoms with van der Waals surface area (Å²) in [7, 11) is 0. The molecule has 37 heavy (non-hydrogen) atoms. The number of hydrogen-bond donors (Lipinski definition) is 2. The molecule has 3 aromatic rings. The molecule has 9 nitrogen and oxygen atoms in total. The molecule has 0 bridgehead atoms. The number of hydrogen-bond acceptors (Lipinski definition) is 7. The molecule has 1 aliphatic heterocycles. The number of aliphatic hydroxyl groups is 1. The second-order valence-electron chi connectivity index (χ2n) is 9.86. The monoisotopic (exact) mass is 509 g/mol. The predicted octanol–water partition coefficient (Wildman–Crippen LogP) is 4.01. The molecule has 1 fully saturated rings. The number of pyridine rings is 1. The maximum Gasteiger partial charge on any atom is 0.266 e. The van der Waals surface area contributed by atoms with Crippen molar-refractivity contribution in [3.05, 3.63) is 59.8 Å². The van der Waals surface area contributed by atoms with Crippen molar-refractivity contribution in [2.45, 2.75) is 70.1 Å². The lowest BCUT2D eigenvalue weighted by atomic mass is 9.90. The van der Waals surface area contributed by atoms with Gasteiger partial charge in [0.25, 0.3) is 5.91 Å². The lowest BCUT2D eigenvalue weighted by Crippen LogP contribution is -2.37. The summed E-state index contributed by atoms with van der Waals surface area (Å²) in [6.07, 6.45) is 8.18. The predicted molar refractivity (Wildman–Crippen MR) is 134 cm³/mol. The molecule has 0 saturated heterocycles. The normalized spacial score (nSPS) is 18.5. The van der Waals surface area contributed by atoms with E-state index in [1.807, 2.05) is 6.92 Å². The van der Waals surface area contributed by atoms with E-state index in [1.165, 1.54) is 6.07 Å². The molecule has 10 heteroatoms. The number of aryl methyl sites for hydroxylation is 1. The second kappa shape index (κ2) is 10.8. The largest absolute Gasteiger partial charge is 0.490 e. The number of nitrogens with one attached hydrogen (secondary N) is 1. The van der Waals surface area contributed by atoms with Crippen LogP contribution in [0, 0.1) is 11.7 Å². The molecule has 0 radical (unpaired) electrons. The molecule has 2 atom stereocenters. The van der Waals surface area contributed by atoms with Gasteiger partial charge in [-0.1, -0.05) is 18.2 Å². The molecule has 1 saturated carbocycles. The van der Waals surface area contributed by atoms with Crippen molar-refractivity contribution in [3.63, 3.8) is 0 Å². The van der Waals surface area contributed by atoms with Crippen LogP contribution in [0.5, 0.6) is 11.5 Å². The van der Waals surface area contributed by atoms with E-state index in [1.54, 1.807) is 41.3 Å². The summed E-state index contributed by atoms with van der Waals surface area (Å²) < 4.78 is 27.5. The summed E-state index contributed by atoms with van der Waals surface area (Å²) in [6.45, 7) is 2.56. The van der Waals surface area contributed by atoms with Gasteiger partial charge in [0, 0.05) is 6.20 Å². The van der Waals surface area contributed by atoms with E-state index in [0.29, 0.717) is 48.9 Å². The van der Waals surface area contributed by atoms with Gasteiger partial charge in [0.05, 0.1) is 25.0 Å². The van der Waals surface area contributed by atoms with Crippen LogP contribution in [-0.4, -0.2) is 43.7 Å². The van der Waals surface area contributed by atoms with E-state index in [0.717, 1.165) is 31.4 Å². The highest BCUT2D eigenvalue weighted by Crippen LogP contribution is 2.34. The van der Waals surface area contributed by atoms with Gasteiger partial charge in [0.15, 0.2) is 29.2 Å². The molecule has 2 aliphatic rings. The Morgan fingerprint density at radius 3 is 2.97 bits per heavy atom. The van der Waals surface area contributed by atoms with Gasteiger partial charge in [-0.3, -0.25) is 4.79 Å². The molecule has 196 valence electrons. The molecule has 5 rings (SSSR count). The lowest BCUT2D eigenvalue weighted by molar-refractivity contribution is -0.123. The Labute approximate surface area is 215 Å². The first kappa shape index (κ1) is 25.1. The van der Waals surface area contributed by atoms with Crippen molar-refractivity contribution in [3.8, 4) is 11.5 Å². The highest BCUT2D eigenvalue weighted by atomic mass is 19.1. The van der Waals surface area contributed by atoms with Gasteiger partial charge in [-0.2, -0.15) is 0 Å². The summed E-state index contributed by atoms with van der Waals surface area (Å²) in [5.74, 6) is 1.07. The van der Waals surface area contributed by atoms with Gasteiger partial charge in [0.1, 0.15) is 5.60 Å². The zero-order chi connectivity index (χ0) is 25.8. The number of nitrogens with zero attached hydrogens (tertiary/aromatic N) is 4. The zero-order valence-corrected chi connectivity index (χ0v) is 20.9. The van der Waals surface area contributed by atoms with Crippen molar-refractivity contribution in [2.24, 2.45) is 5.92 Å². The lowest BCUT2D eigenvalue weighted by Gasteiger charge is -2.28. The third kappa shape index (κ3) is 5.90. The Balaban J connectivity index is 1.18. The highest BCUT2D eigenvalue weighted by molar-refractivity contribution is 5.96. The maximum absolute atomic E-state index is 14.3. The Morgan fingerprint density at radius 1 is 1.30 bits per heavy atom. The SMILES string of the molecule is CCC(O)(Cn1nncc1CCCCC1Oc2cccnc2NC1=O)c1ccc(F)c(OCC2CC2)c1. The Kier molecular flexibility index (Phi) is 7.36. The van der Waals surface area contributed by atoms with Crippen LogP contribution >= 0.6 is 0 Å². The standard InChI is InChI=1S/C27H32FN5O4/c1-2-27(35,19-11-12-21(28)24(14-19)36-16-18-9-10-18)17-33-20(15-30-32-33)6-3-4-7-23-26(34)31-25-22(37-23)8-5-13-29-25/h5,8,11-15,18,23,35H,2-4,6-7,9-10,16-17H2,1H3,(H,29,31,34). The van der Waals surface area contributed by atoms with Gasteiger partial charge in [0.2, 0.25) is 0 Å². The molecule has 2 aromatic heterocycles. The number of aromatic nitrogens is 4. The smallest absolute Gasteiger partial charge is 0.266 e. The van der Waals surface area contributed by atoms with E-state index in [4.69, 9.17) is 9.47 Å². The van der Waals surface area contributed by atoms with Gasteiger partial charge in [-0.25, -0.2) is 14.1 Å². The topological polar surface area (TPSA) is 111 Å². The van der Waals surface area contributed by atoms with Gasteiger partial charge in [-0.05, 0) is 80.7 Å². The van der Waals surface area contributed by atoms with E-state index in [9.17, 15) is 14.3 Å². The fourth-order valence-electron chi connectivity index (χ4n) is 4.47. The molecule has 1 aromatic carbocycles. The minimum atomic E-state index is -1.26. The number of ether oxygens (including phenoxy) is 2. The summed E-state index contributed by atoms with van der Waals surface area (Å²) in [6, 6.07) is 8.10. The summed E-state index contributed by atoms with van der Waals surface area (Å²) >= 11 is 0. The van der Waals surface area contributed by atoms with Crippen molar-refractivity contribution < 1.29 is 23.8 Å². The van der Waals surface area contributed by atoms with Crippen LogP contribution in [0.25, 0.3) is 0 Å². The average molecular weight is 510 g/mol. The number of amides is 1. The van der Waals surface area contributed by atoms with Crippen molar-refractivity contribution >= 4 is 11.7 Å². The van der Waals surface area contributed by atoms with Gasteiger partial charge >= 0.3 is 0 Å². The first-order valence-electron chi connectivity index (χ1n) is 12.9. The molecule has 3 heterocycles. The van der Waals surface area contributed by atoms with Crippen molar-refractivity contribution in [2.75, 3.05) is 11.9 Å². The third-order valence-electron chi connectivity index (χ3n) is 7.06. The van der Waals surface area contributed by atoms with Crippen molar-refractivity contribution in [1.29, 1.82) is 0 Å². The minimum Gasteiger partial charge on any atom is -0.490 e. The van der Waals surface area contributed by atoms with E-state index < -0.39 is 17.5 Å². The molecule has 1 amide bonds. The molecular weight excluding hydrogens is 477 g/mol. The number of unbranched alkanes of at least 4 members (excludes halogenated alkanes) is 1. The number of halogens is 1. The minimum absolute atomic E-state index is 0.169. The first-order chi connectivity index (χ1) is 17.9. The van der Waals surface area contributed by atoms with Gasteiger partial charge < -0.3 is 19.9 Å². The van der Waals surface area contributed by atoms with Gasteiger partial charge in [-0.15, -0.1) is 5.10 Å². The van der Waals surface area contributed by atoms with Crippen molar-refractivity contribution in [1.82, 2.24) is 20.0 Å². The zero-order valence-electron chi connectivity index (χ0n) is 20.9. The van der Waals surface area contributed by atoms with Crippen LogP contribution in [-0.2, 0) is 23.4 Å². The number of carbonyl (C=O) groups is 1. The number of benzene rings is 1. The van der Waals surface area contributed by atoms with Crippen LogP contribution in [0.15, 0.2) is 42.7 Å². The molecule has 0 spiro atoms. The Morgan fingerprint density at radius 2 is 2.16 bits per heavy atom. The number of carbonyl (C=O) groups excluding carboxylic acids is 1. The van der Waals surface area contributed by atoms with Crippen LogP contribution < -0.4 is 14.8 Å². The summed E-state index contributed by atoms with van der Waals surface area (Å²) in [5.41, 5.74) is 0.199. The average Bonchev–Trinajstić information content (AvgIpc) is 3.64. The Hall–Kier alpha value is -3.53. The summed E-state index contributed by atoms with van der Waals surface area (Å²) in [4.78, 5) is 16.4. The number of fused-ring (bicyclic) bond motifs is 1. The second-order valence-corrected chi connectivity index (χ2v) is 9.86. The number of anilines is 1. The first-order valence-corrected chi connectivity index (χ1v) is 12.9. The van der Waals surface area contributed by atoms with Crippen LogP contribution in [0.3, 0.4) is 0 Å². The molecule has 1 aliphatic carbocycles. The maximum atomic E-state index is 14.3. The Bertz CT molecular complexity index is 1250. The number of rotatable bonds is 12. The highest BCUT2D eigenvalue weighted by Gasteiger charge is 2.31. The summed E-state index contributed by atoms with van der Waals surface area (Å²) in [5, 5.41) is 22.5. The van der Waals surface area contributed by atoms with Crippen LogP contribution in [0.2, 0.25) is 0 Å². The molecule has 2 N–H and O–H groups in total. The molecular formula is C27H32FN5O4. The van der Waals surface area contributed by atoms with Crippen LogP contribution in [0.4, 0.5) is 10.2 Å². The molecule has 2 unspecified atom stereocenters. The third-order valence-corrected chi connectivity index (χ3v) is 7.06. The fraction of sp³-hybridized carbons (Fsp3) is 0.481. The van der Waals surface area contributed by atoms with E-state index >= 15 is 0 Å². The van der Waals surface area contributed by atoms with E-state index in [-0.39, 0.29) is 18.2 Å². The quantitative estimate of drug-likeness (QED) is 0.355. The van der Waals surface area contributed by atoms with E-state index in [2.05, 4.69) is 20.6 Å². The fourth-order valence-corrected chi connectivity index (χ4v) is 4.47. The van der Waals surface area contributed by atoms with Crippen LogP contribution in [0.1, 0.15) is 56.7 Å².